The van der Waals surface area contributed by atoms with Gasteiger partial charge in [0.25, 0.3) is 0 Å². The number of phenolic OH excluding ortho intramolecular Hbond substituents is 1. The van der Waals surface area contributed by atoms with Gasteiger partial charge in [-0.3, -0.25) is 19.3 Å². The summed E-state index contributed by atoms with van der Waals surface area (Å²) in [5.74, 6) is 3.86. The third-order valence-corrected chi connectivity index (χ3v) is 11.4. The number of carbonyl (C=O) groups excluding carboxylic acids is 3. The Balaban J connectivity index is 1.43. The topological polar surface area (TPSA) is 119 Å². The summed E-state index contributed by atoms with van der Waals surface area (Å²) in [6.45, 7) is 0.986. The molecule has 9 nitrogen and oxygen atoms in total. The van der Waals surface area contributed by atoms with Crippen molar-refractivity contribution in [1.82, 2.24) is 9.80 Å². The lowest BCUT2D eigenvalue weighted by Crippen LogP contribution is -2.55. The van der Waals surface area contributed by atoms with Crippen LogP contribution in [0.15, 0.2) is 103 Å². The molecule has 8 rings (SSSR count). The second-order valence-corrected chi connectivity index (χ2v) is 14.4. The van der Waals surface area contributed by atoms with Gasteiger partial charge in [0.05, 0.1) is 24.6 Å². The van der Waals surface area contributed by atoms with E-state index in [0.717, 1.165) is 43.2 Å². The molecule has 0 aliphatic carbocycles. The van der Waals surface area contributed by atoms with E-state index < -0.39 is 41.5 Å². The fourth-order valence-electron chi connectivity index (χ4n) is 9.19. The number of aromatic hydroxyl groups is 1. The Hall–Kier alpha value is -5.43. The lowest BCUT2D eigenvalue weighted by atomic mass is 9.65. The summed E-state index contributed by atoms with van der Waals surface area (Å²) in [6.07, 6.45) is 4.31. The molecular weight excluding hydrogens is 666 g/mol. The molecule has 0 saturated carbocycles. The molecule has 3 N–H and O–H groups in total. The highest BCUT2D eigenvalue weighted by atomic mass is 16.6. The zero-order valence-corrected chi connectivity index (χ0v) is 29.5. The summed E-state index contributed by atoms with van der Waals surface area (Å²) in [6, 6.07) is 29.1. The minimum Gasteiger partial charge on any atom is -0.508 e. The van der Waals surface area contributed by atoms with Crippen LogP contribution in [0.4, 0.5) is 5.69 Å². The number of carbonyl (C=O) groups is 3. The molecule has 4 aliphatic heterocycles. The number of aliphatic hydroxyl groups is 1. The molecule has 2 amide bonds. The number of ether oxygens (including phenoxy) is 1. The molecule has 0 aromatic heterocycles. The fraction of sp³-hybridized carbons (Fsp3) is 0.341. The van der Waals surface area contributed by atoms with E-state index in [1.165, 1.54) is 0 Å². The number of likely N-dealkylation sites (tertiary alicyclic amines) is 1. The number of morpholine rings is 1. The molecular formula is C44H43N3O6. The van der Waals surface area contributed by atoms with Gasteiger partial charge in [-0.2, -0.15) is 0 Å². The minimum atomic E-state index is -1.59. The second-order valence-electron chi connectivity index (χ2n) is 14.4. The predicted molar refractivity (Wildman–Crippen MR) is 199 cm³/mol. The first-order chi connectivity index (χ1) is 25.9. The van der Waals surface area contributed by atoms with E-state index >= 15 is 9.59 Å². The molecule has 1 spiro atoms. The number of nitrogens with one attached hydrogen (secondary N) is 1. The number of phenols is 1. The van der Waals surface area contributed by atoms with Gasteiger partial charge in [0.15, 0.2) is 0 Å². The van der Waals surface area contributed by atoms with Crippen molar-refractivity contribution in [3.63, 3.8) is 0 Å². The van der Waals surface area contributed by atoms with Crippen LogP contribution in [0, 0.1) is 17.8 Å². The first-order valence-electron chi connectivity index (χ1n) is 18.6. The number of aliphatic hydroxyl groups excluding tert-OH is 1. The van der Waals surface area contributed by atoms with Crippen LogP contribution in [0.1, 0.15) is 84.5 Å². The van der Waals surface area contributed by atoms with Gasteiger partial charge in [0, 0.05) is 30.8 Å². The number of cyclic esters (lactones) is 1. The average molecular weight is 710 g/mol. The Labute approximate surface area is 309 Å². The van der Waals surface area contributed by atoms with Crippen molar-refractivity contribution in [2.75, 3.05) is 25.0 Å². The van der Waals surface area contributed by atoms with Crippen LogP contribution >= 0.6 is 0 Å². The monoisotopic (exact) mass is 709 g/mol. The number of amides is 2. The highest BCUT2D eigenvalue weighted by Gasteiger charge is 2.74. The fourth-order valence-corrected chi connectivity index (χ4v) is 9.19. The van der Waals surface area contributed by atoms with E-state index in [4.69, 9.17) is 4.74 Å². The average Bonchev–Trinajstić information content (AvgIpc) is 3.64. The molecule has 270 valence electrons. The number of nitrogens with zero attached hydrogens (tertiary/aromatic N) is 2. The minimum absolute atomic E-state index is 0.0585. The number of anilines is 1. The van der Waals surface area contributed by atoms with Gasteiger partial charge in [0.1, 0.15) is 23.3 Å². The van der Waals surface area contributed by atoms with Crippen molar-refractivity contribution in [2.24, 2.45) is 5.92 Å². The predicted octanol–water partition coefficient (Wildman–Crippen LogP) is 6.19. The van der Waals surface area contributed by atoms with E-state index in [1.807, 2.05) is 83.8 Å². The van der Waals surface area contributed by atoms with Gasteiger partial charge in [0.2, 0.25) is 11.8 Å². The molecule has 4 heterocycles. The molecule has 4 aliphatic rings. The smallest absolute Gasteiger partial charge is 0.324 e. The van der Waals surface area contributed by atoms with Gasteiger partial charge >= 0.3 is 5.97 Å². The van der Waals surface area contributed by atoms with E-state index in [2.05, 4.69) is 22.1 Å². The van der Waals surface area contributed by atoms with Gasteiger partial charge in [-0.25, -0.2) is 0 Å². The van der Waals surface area contributed by atoms with Crippen molar-refractivity contribution >= 4 is 23.5 Å². The Kier molecular flexibility index (Phi) is 9.50. The molecule has 6 atom stereocenters. The largest absolute Gasteiger partial charge is 0.508 e. The number of benzene rings is 4. The van der Waals surface area contributed by atoms with E-state index in [9.17, 15) is 15.0 Å². The Morgan fingerprint density at radius 2 is 1.47 bits per heavy atom. The third-order valence-electron chi connectivity index (χ3n) is 11.4. The molecule has 4 aromatic rings. The lowest BCUT2D eigenvalue weighted by Gasteiger charge is -2.46. The van der Waals surface area contributed by atoms with Crippen LogP contribution in [-0.4, -0.2) is 63.5 Å². The molecule has 4 aromatic carbocycles. The maximum Gasteiger partial charge on any atom is 0.324 e. The summed E-state index contributed by atoms with van der Waals surface area (Å²) >= 11 is 0. The van der Waals surface area contributed by atoms with Crippen LogP contribution in [-0.2, 0) is 24.5 Å². The molecule has 0 bridgehead atoms. The first-order valence-corrected chi connectivity index (χ1v) is 18.6. The van der Waals surface area contributed by atoms with Gasteiger partial charge < -0.3 is 25.2 Å². The molecule has 53 heavy (non-hydrogen) atoms. The maximum atomic E-state index is 15.5. The van der Waals surface area contributed by atoms with Crippen LogP contribution in [0.25, 0.3) is 0 Å². The van der Waals surface area contributed by atoms with Crippen LogP contribution in [0.5, 0.6) is 5.75 Å². The molecule has 3 fully saturated rings. The summed E-state index contributed by atoms with van der Waals surface area (Å²) in [4.78, 5) is 49.7. The summed E-state index contributed by atoms with van der Waals surface area (Å²) in [5.41, 5.74) is 2.53. The van der Waals surface area contributed by atoms with Gasteiger partial charge in [-0.05, 0) is 65.4 Å². The van der Waals surface area contributed by atoms with Gasteiger partial charge in [-0.1, -0.05) is 104 Å². The Bertz CT molecular complexity index is 2050. The third kappa shape index (κ3) is 5.96. The summed E-state index contributed by atoms with van der Waals surface area (Å²) in [5, 5.41) is 23.1. The first kappa shape index (κ1) is 34.6. The van der Waals surface area contributed by atoms with Crippen LogP contribution < -0.4 is 5.32 Å². The Morgan fingerprint density at radius 3 is 2.15 bits per heavy atom. The van der Waals surface area contributed by atoms with Crippen molar-refractivity contribution in [3.05, 3.63) is 131 Å². The zero-order valence-electron chi connectivity index (χ0n) is 29.5. The highest BCUT2D eigenvalue weighted by Crippen LogP contribution is 2.65. The van der Waals surface area contributed by atoms with E-state index in [0.29, 0.717) is 35.5 Å². The normalized spacial score (nSPS) is 26.7. The standard InChI is InChI=1S/C44H43N3O6/c48-27-13-10-14-29-19-24-35-34(28-29)44(43(52)45-35)36(41(50)46-25-11-2-1-3-12-26-46)38-42(51)53-39(31-17-8-5-9-18-31)37(30-15-6-4-7-16-30)47(38)40(44)32-20-22-33(49)23-21-32/h4-9,15-24,28,36-40,48-49H,1-3,11-13,25-27H2,(H,45,52). The summed E-state index contributed by atoms with van der Waals surface area (Å²) < 4.78 is 6.52. The van der Waals surface area contributed by atoms with Gasteiger partial charge in [-0.15, -0.1) is 0 Å². The van der Waals surface area contributed by atoms with E-state index in [-0.39, 0.29) is 30.6 Å². The Morgan fingerprint density at radius 1 is 0.811 bits per heavy atom. The van der Waals surface area contributed by atoms with Crippen molar-refractivity contribution < 1.29 is 29.3 Å². The lowest BCUT2D eigenvalue weighted by molar-refractivity contribution is -0.179. The molecule has 6 unspecified atom stereocenters. The molecule has 0 radical (unpaired) electrons. The molecule has 3 saturated heterocycles. The number of esters is 1. The van der Waals surface area contributed by atoms with Crippen LogP contribution in [0.2, 0.25) is 0 Å². The van der Waals surface area contributed by atoms with Crippen molar-refractivity contribution in [1.29, 1.82) is 0 Å². The van der Waals surface area contributed by atoms with Crippen LogP contribution in [0.3, 0.4) is 0 Å². The SMILES string of the molecule is O=C1OC(c2ccccc2)C(c2ccccc2)N2C1C(C(=O)N1CCCCCCC1)C1(C(=O)Nc3ccc(C#CCCO)cc31)C2c1ccc(O)cc1. The number of hydrogen-bond acceptors (Lipinski definition) is 7. The van der Waals surface area contributed by atoms with Crippen molar-refractivity contribution in [3.8, 4) is 17.6 Å². The second kappa shape index (κ2) is 14.5. The summed E-state index contributed by atoms with van der Waals surface area (Å²) in [7, 11) is 0. The van der Waals surface area contributed by atoms with E-state index in [1.54, 1.807) is 24.3 Å². The number of rotatable bonds is 5. The quantitative estimate of drug-likeness (QED) is 0.167. The zero-order chi connectivity index (χ0) is 36.5. The molecule has 9 heteroatoms. The number of fused-ring (bicyclic) bond motifs is 3. The number of hydrogen-bond donors (Lipinski definition) is 3. The highest BCUT2D eigenvalue weighted by molar-refractivity contribution is 6.12. The maximum absolute atomic E-state index is 15.5. The van der Waals surface area contributed by atoms with Crippen molar-refractivity contribution in [2.45, 2.75) is 68.2 Å².